The standard InChI is InChI=1S/C24H28N2/c1-23(2)15-9-5-13-7-11-17(25-21(13)19(15)23)18-12-8-14-6-10-16-20(22(14)26-18)24(16,3)4/h7-8,11-12,15-16,19-20H,5-6,9-10H2,1-4H3/t15-,16-,19-,20-/m1/s1. The molecule has 0 N–H and O–H groups in total. The summed E-state index contributed by atoms with van der Waals surface area (Å²) < 4.78 is 0. The number of hydrogen-bond acceptors (Lipinski definition) is 2. The van der Waals surface area contributed by atoms with Gasteiger partial charge in [-0.15, -0.1) is 0 Å². The average molecular weight is 345 g/mol. The molecule has 2 aromatic rings. The van der Waals surface area contributed by atoms with Gasteiger partial charge in [-0.2, -0.15) is 0 Å². The number of pyridine rings is 2. The molecule has 2 fully saturated rings. The van der Waals surface area contributed by atoms with Gasteiger partial charge in [0, 0.05) is 23.2 Å². The third kappa shape index (κ3) is 1.83. The minimum atomic E-state index is 0.436. The lowest BCUT2D eigenvalue weighted by Crippen LogP contribution is -2.07. The topological polar surface area (TPSA) is 25.8 Å². The van der Waals surface area contributed by atoms with E-state index in [4.69, 9.17) is 9.97 Å². The van der Waals surface area contributed by atoms with Crippen molar-refractivity contribution in [3.8, 4) is 11.4 Å². The van der Waals surface area contributed by atoms with Crippen LogP contribution < -0.4 is 0 Å². The average Bonchev–Trinajstić information content (AvgIpc) is 3.43. The Hall–Kier alpha value is -1.70. The van der Waals surface area contributed by atoms with Crippen LogP contribution in [0.2, 0.25) is 0 Å². The third-order valence-corrected chi connectivity index (χ3v) is 8.43. The van der Waals surface area contributed by atoms with E-state index < -0.39 is 0 Å². The second-order valence-corrected chi connectivity index (χ2v) is 10.4. The van der Waals surface area contributed by atoms with E-state index in [1.807, 2.05) is 0 Å². The summed E-state index contributed by atoms with van der Waals surface area (Å²) in [6, 6.07) is 9.07. The van der Waals surface area contributed by atoms with Crippen LogP contribution in [0.5, 0.6) is 0 Å². The molecule has 2 heteroatoms. The molecular weight excluding hydrogens is 316 g/mol. The third-order valence-electron chi connectivity index (χ3n) is 8.43. The van der Waals surface area contributed by atoms with Gasteiger partial charge < -0.3 is 0 Å². The van der Waals surface area contributed by atoms with Crippen LogP contribution in [0.1, 0.15) is 74.9 Å². The van der Waals surface area contributed by atoms with Gasteiger partial charge in [0.2, 0.25) is 0 Å². The van der Waals surface area contributed by atoms with Crippen molar-refractivity contribution in [2.45, 2.75) is 65.2 Å². The predicted molar refractivity (Wildman–Crippen MR) is 104 cm³/mol. The second-order valence-electron chi connectivity index (χ2n) is 10.4. The molecule has 0 aromatic carbocycles. The minimum absolute atomic E-state index is 0.436. The van der Waals surface area contributed by atoms with E-state index in [1.165, 1.54) is 48.2 Å². The molecule has 0 radical (unpaired) electrons. The zero-order valence-corrected chi connectivity index (χ0v) is 16.3. The molecule has 4 aliphatic carbocycles. The number of nitrogens with zero attached hydrogens (tertiary/aromatic N) is 2. The summed E-state index contributed by atoms with van der Waals surface area (Å²) in [7, 11) is 0. The van der Waals surface area contributed by atoms with E-state index in [9.17, 15) is 0 Å². The number of fused-ring (bicyclic) bond motifs is 6. The van der Waals surface area contributed by atoms with Gasteiger partial charge in [0.25, 0.3) is 0 Å². The van der Waals surface area contributed by atoms with E-state index in [0.717, 1.165) is 23.2 Å². The maximum absolute atomic E-state index is 5.16. The Labute approximate surface area is 156 Å². The van der Waals surface area contributed by atoms with Crippen LogP contribution in [0, 0.1) is 22.7 Å². The Bertz CT molecular complexity index is 862. The molecular formula is C24H28N2. The number of aromatic nitrogens is 2. The van der Waals surface area contributed by atoms with Crippen LogP contribution in [0.15, 0.2) is 24.3 Å². The van der Waals surface area contributed by atoms with Crippen LogP contribution >= 0.6 is 0 Å². The molecule has 2 aromatic heterocycles. The maximum atomic E-state index is 5.16. The van der Waals surface area contributed by atoms with Crippen molar-refractivity contribution >= 4 is 0 Å². The van der Waals surface area contributed by atoms with Crippen molar-refractivity contribution in [2.75, 3.05) is 0 Å². The quantitative estimate of drug-likeness (QED) is 0.681. The summed E-state index contributed by atoms with van der Waals surface area (Å²) >= 11 is 0. The molecule has 0 unspecified atom stereocenters. The molecule has 134 valence electrons. The van der Waals surface area contributed by atoms with Crippen LogP contribution in [0.4, 0.5) is 0 Å². The van der Waals surface area contributed by atoms with Gasteiger partial charge in [0.1, 0.15) is 0 Å². The van der Waals surface area contributed by atoms with Crippen molar-refractivity contribution in [3.05, 3.63) is 46.8 Å². The molecule has 2 nitrogen and oxygen atoms in total. The van der Waals surface area contributed by atoms with E-state index in [1.54, 1.807) is 0 Å². The van der Waals surface area contributed by atoms with Gasteiger partial charge in [-0.25, -0.2) is 0 Å². The summed E-state index contributed by atoms with van der Waals surface area (Å²) in [5, 5.41) is 0. The lowest BCUT2D eigenvalue weighted by atomic mass is 9.94. The molecule has 26 heavy (non-hydrogen) atoms. The summed E-state index contributed by atoms with van der Waals surface area (Å²) in [6.07, 6.45) is 5.06. The molecule has 0 bridgehead atoms. The predicted octanol–water partition coefficient (Wildman–Crippen LogP) is 5.52. The van der Waals surface area contributed by atoms with Gasteiger partial charge in [0.05, 0.1) is 11.4 Å². The van der Waals surface area contributed by atoms with Gasteiger partial charge in [-0.05, 0) is 71.6 Å². The molecule has 2 heterocycles. The summed E-state index contributed by atoms with van der Waals surface area (Å²) in [5.74, 6) is 3.00. The van der Waals surface area contributed by atoms with Gasteiger partial charge in [0.15, 0.2) is 0 Å². The number of rotatable bonds is 1. The van der Waals surface area contributed by atoms with Gasteiger partial charge in [-0.3, -0.25) is 9.97 Å². The smallest absolute Gasteiger partial charge is 0.0889 e. The summed E-state index contributed by atoms with van der Waals surface area (Å²) in [5.41, 5.74) is 8.72. The van der Waals surface area contributed by atoms with Crippen molar-refractivity contribution in [1.82, 2.24) is 9.97 Å². The Morgan fingerprint density at radius 2 is 1.12 bits per heavy atom. The first-order valence-electron chi connectivity index (χ1n) is 10.4. The highest BCUT2D eigenvalue weighted by Gasteiger charge is 2.61. The second kappa shape index (κ2) is 4.58. The fraction of sp³-hybridized carbons (Fsp3) is 0.583. The molecule has 4 aliphatic rings. The SMILES string of the molecule is CC1(C)[C@@H]2CCc3ccc(-c4ccc5c(n4)[C@H]4[C@@H](CC5)C4(C)C)nc3[C@@H]21. The highest BCUT2D eigenvalue weighted by atomic mass is 14.9. The van der Waals surface area contributed by atoms with Crippen molar-refractivity contribution < 1.29 is 0 Å². The zero-order valence-electron chi connectivity index (χ0n) is 16.3. The van der Waals surface area contributed by atoms with E-state index in [2.05, 4.69) is 52.0 Å². The summed E-state index contributed by atoms with van der Waals surface area (Å²) in [6.45, 7) is 9.66. The van der Waals surface area contributed by atoms with Crippen LogP contribution in [0.3, 0.4) is 0 Å². The lowest BCUT2D eigenvalue weighted by Gasteiger charge is -2.17. The highest BCUT2D eigenvalue weighted by molar-refractivity contribution is 5.58. The summed E-state index contributed by atoms with van der Waals surface area (Å²) in [4.78, 5) is 10.3. The highest BCUT2D eigenvalue weighted by Crippen LogP contribution is 2.69. The first kappa shape index (κ1) is 15.4. The van der Waals surface area contributed by atoms with Crippen molar-refractivity contribution in [3.63, 3.8) is 0 Å². The first-order chi connectivity index (χ1) is 12.4. The Morgan fingerprint density at radius 3 is 1.54 bits per heavy atom. The van der Waals surface area contributed by atoms with Crippen molar-refractivity contribution in [1.29, 1.82) is 0 Å². The molecule has 0 amide bonds. The largest absolute Gasteiger partial charge is 0.251 e. The van der Waals surface area contributed by atoms with E-state index in [-0.39, 0.29) is 0 Å². The molecule has 4 atom stereocenters. The van der Waals surface area contributed by atoms with Gasteiger partial charge >= 0.3 is 0 Å². The number of hydrogen-bond donors (Lipinski definition) is 0. The van der Waals surface area contributed by atoms with Gasteiger partial charge in [-0.1, -0.05) is 39.8 Å². The van der Waals surface area contributed by atoms with Crippen molar-refractivity contribution in [2.24, 2.45) is 22.7 Å². The van der Waals surface area contributed by atoms with Crippen LogP contribution in [-0.2, 0) is 12.8 Å². The minimum Gasteiger partial charge on any atom is -0.251 e. The fourth-order valence-corrected chi connectivity index (χ4v) is 6.53. The molecule has 6 rings (SSSR count). The maximum Gasteiger partial charge on any atom is 0.0889 e. The Morgan fingerprint density at radius 1 is 0.692 bits per heavy atom. The molecule has 2 saturated carbocycles. The zero-order chi connectivity index (χ0) is 17.8. The van der Waals surface area contributed by atoms with E-state index >= 15 is 0 Å². The Kier molecular flexibility index (Phi) is 2.71. The molecule has 0 saturated heterocycles. The first-order valence-corrected chi connectivity index (χ1v) is 10.4. The van der Waals surface area contributed by atoms with Crippen LogP contribution in [-0.4, -0.2) is 9.97 Å². The number of aryl methyl sites for hydroxylation is 2. The monoisotopic (exact) mass is 344 g/mol. The Balaban J connectivity index is 1.42. The van der Waals surface area contributed by atoms with Crippen LogP contribution in [0.25, 0.3) is 11.4 Å². The fourth-order valence-electron chi connectivity index (χ4n) is 6.53. The lowest BCUT2D eigenvalue weighted by molar-refractivity contribution is 0.535. The molecule has 0 spiro atoms. The normalized spacial score (nSPS) is 34.2. The van der Waals surface area contributed by atoms with E-state index in [0.29, 0.717) is 22.7 Å². The molecule has 0 aliphatic heterocycles.